The summed E-state index contributed by atoms with van der Waals surface area (Å²) < 4.78 is 28.0. The van der Waals surface area contributed by atoms with Crippen LogP contribution in [-0.4, -0.2) is 50.9 Å². The Hall–Kier alpha value is -2.38. The summed E-state index contributed by atoms with van der Waals surface area (Å²) in [5, 5.41) is 0. The van der Waals surface area contributed by atoms with Crippen LogP contribution in [0.4, 0.5) is 11.4 Å². The summed E-state index contributed by atoms with van der Waals surface area (Å²) in [6, 6.07) is 14.0. The normalized spacial score (nSPS) is 22.0. The lowest BCUT2D eigenvalue weighted by atomic mass is 9.95. The van der Waals surface area contributed by atoms with Crippen molar-refractivity contribution in [1.29, 1.82) is 0 Å². The number of hydrogen-bond donors (Lipinski definition) is 0. The molecule has 0 spiro atoms. The molecule has 7 heteroatoms. The number of rotatable bonds is 3. The van der Waals surface area contributed by atoms with Crippen LogP contribution in [0.5, 0.6) is 0 Å². The maximum absolute atomic E-state index is 13.6. The number of amides is 1. The van der Waals surface area contributed by atoms with E-state index in [1.165, 1.54) is 0 Å². The van der Waals surface area contributed by atoms with Crippen LogP contribution in [0.15, 0.2) is 47.4 Å². The fraction of sp³-hybridized carbons (Fsp3) is 0.480. The van der Waals surface area contributed by atoms with E-state index in [0.29, 0.717) is 36.9 Å². The highest BCUT2D eigenvalue weighted by atomic mass is 32.2. The third-order valence-electron chi connectivity index (χ3n) is 7.27. The van der Waals surface area contributed by atoms with Crippen molar-refractivity contribution < 1.29 is 13.2 Å². The first-order valence-electron chi connectivity index (χ1n) is 11.6. The molecule has 0 radical (unpaired) electrons. The lowest BCUT2D eigenvalue weighted by Gasteiger charge is -2.42. The first kappa shape index (κ1) is 21.5. The Morgan fingerprint density at radius 1 is 0.938 bits per heavy atom. The molecule has 1 atom stereocenters. The van der Waals surface area contributed by atoms with Gasteiger partial charge in [-0.25, -0.2) is 8.42 Å². The highest BCUT2D eigenvalue weighted by Crippen LogP contribution is 2.40. The van der Waals surface area contributed by atoms with Crippen LogP contribution in [0, 0.1) is 19.8 Å². The zero-order valence-corrected chi connectivity index (χ0v) is 19.6. The van der Waals surface area contributed by atoms with E-state index in [4.69, 9.17) is 0 Å². The summed E-state index contributed by atoms with van der Waals surface area (Å²) in [5.41, 5.74) is 3.98. The Bertz CT molecular complexity index is 1140. The highest BCUT2D eigenvalue weighted by Gasteiger charge is 2.40. The second kappa shape index (κ2) is 8.19. The second-order valence-electron chi connectivity index (χ2n) is 9.37. The summed E-state index contributed by atoms with van der Waals surface area (Å²) in [6.45, 7) is 6.36. The fourth-order valence-corrected chi connectivity index (χ4v) is 7.26. The average Bonchev–Trinajstić information content (AvgIpc) is 3.27. The SMILES string of the molecule is Cc1ccc(S(=O)(=O)N2CCC(C(=O)N3C[C@H]4CCCN4c4ccccc43)CC2)c(C)c1. The number of piperidine rings is 1. The molecule has 3 aliphatic rings. The minimum Gasteiger partial charge on any atom is -0.365 e. The molecule has 6 nitrogen and oxygen atoms in total. The van der Waals surface area contributed by atoms with Gasteiger partial charge in [0.15, 0.2) is 0 Å². The van der Waals surface area contributed by atoms with Crippen molar-refractivity contribution in [3.8, 4) is 0 Å². The van der Waals surface area contributed by atoms with Gasteiger partial charge in [-0.3, -0.25) is 4.79 Å². The Morgan fingerprint density at radius 2 is 1.66 bits per heavy atom. The molecule has 1 amide bonds. The summed E-state index contributed by atoms with van der Waals surface area (Å²) in [7, 11) is -3.54. The van der Waals surface area contributed by atoms with Gasteiger partial charge < -0.3 is 9.80 Å². The van der Waals surface area contributed by atoms with Gasteiger partial charge in [-0.1, -0.05) is 29.8 Å². The molecule has 2 aromatic carbocycles. The standard InChI is InChI=1S/C25H31N3O3S/c1-18-9-10-24(19(2)16-18)32(30,31)26-14-11-20(12-15-26)25(29)28-17-21-6-5-13-27(21)22-7-3-4-8-23(22)28/h3-4,7-10,16,20-21H,5-6,11-15,17H2,1-2H3/t21-/m1/s1. The van der Waals surface area contributed by atoms with Crippen LogP contribution in [0.3, 0.4) is 0 Å². The lowest BCUT2D eigenvalue weighted by molar-refractivity contribution is -0.123. The number of anilines is 2. The number of fused-ring (bicyclic) bond motifs is 3. The first-order chi connectivity index (χ1) is 15.4. The number of carbonyl (C=O) groups is 1. The highest BCUT2D eigenvalue weighted by molar-refractivity contribution is 7.89. The van der Waals surface area contributed by atoms with Gasteiger partial charge in [0.25, 0.3) is 0 Å². The molecule has 3 heterocycles. The van der Waals surface area contributed by atoms with E-state index in [0.717, 1.165) is 48.4 Å². The van der Waals surface area contributed by atoms with Crippen LogP contribution in [0.2, 0.25) is 0 Å². The zero-order valence-electron chi connectivity index (χ0n) is 18.8. The quantitative estimate of drug-likeness (QED) is 0.711. The number of para-hydroxylation sites is 2. The van der Waals surface area contributed by atoms with Gasteiger partial charge in [-0.2, -0.15) is 4.31 Å². The summed E-state index contributed by atoms with van der Waals surface area (Å²) >= 11 is 0. The molecule has 32 heavy (non-hydrogen) atoms. The first-order valence-corrected chi connectivity index (χ1v) is 13.0. The van der Waals surface area contributed by atoms with Crippen molar-refractivity contribution in [3.63, 3.8) is 0 Å². The number of sulfonamides is 1. The summed E-state index contributed by atoms with van der Waals surface area (Å²) in [6.07, 6.45) is 3.41. The molecule has 2 aromatic rings. The van der Waals surface area contributed by atoms with Crippen LogP contribution in [0.25, 0.3) is 0 Å². The summed E-state index contributed by atoms with van der Waals surface area (Å²) in [4.78, 5) is 18.4. The molecule has 0 N–H and O–H groups in total. The van der Waals surface area contributed by atoms with Crippen molar-refractivity contribution in [3.05, 3.63) is 53.6 Å². The van der Waals surface area contributed by atoms with Crippen molar-refractivity contribution in [2.75, 3.05) is 36.0 Å². The number of nitrogens with zero attached hydrogens (tertiary/aromatic N) is 3. The van der Waals surface area contributed by atoms with Crippen LogP contribution < -0.4 is 9.80 Å². The van der Waals surface area contributed by atoms with Crippen molar-refractivity contribution >= 4 is 27.3 Å². The minimum atomic E-state index is -3.54. The molecule has 2 saturated heterocycles. The van der Waals surface area contributed by atoms with E-state index in [-0.39, 0.29) is 11.8 Å². The fourth-order valence-electron chi connectivity index (χ4n) is 5.59. The largest absolute Gasteiger partial charge is 0.365 e. The lowest BCUT2D eigenvalue weighted by Crippen LogP contribution is -2.51. The van der Waals surface area contributed by atoms with Gasteiger partial charge in [0.1, 0.15) is 0 Å². The molecule has 5 rings (SSSR count). The predicted molar refractivity (Wildman–Crippen MR) is 127 cm³/mol. The van der Waals surface area contributed by atoms with Gasteiger partial charge in [0.05, 0.1) is 16.3 Å². The van der Waals surface area contributed by atoms with Crippen LogP contribution in [-0.2, 0) is 14.8 Å². The van der Waals surface area contributed by atoms with E-state index in [2.05, 4.69) is 11.0 Å². The van der Waals surface area contributed by atoms with Gasteiger partial charge in [0.2, 0.25) is 15.9 Å². The Kier molecular flexibility index (Phi) is 5.50. The van der Waals surface area contributed by atoms with Gasteiger partial charge in [-0.05, 0) is 63.3 Å². The molecule has 3 aliphatic heterocycles. The molecular weight excluding hydrogens is 422 g/mol. The third kappa shape index (κ3) is 3.61. The Morgan fingerprint density at radius 3 is 2.38 bits per heavy atom. The predicted octanol–water partition coefficient (Wildman–Crippen LogP) is 3.72. The molecule has 0 unspecified atom stereocenters. The maximum Gasteiger partial charge on any atom is 0.243 e. The number of carbonyl (C=O) groups excluding carboxylic acids is 1. The monoisotopic (exact) mass is 453 g/mol. The third-order valence-corrected chi connectivity index (χ3v) is 9.33. The minimum absolute atomic E-state index is 0.137. The molecule has 170 valence electrons. The molecule has 0 aromatic heterocycles. The number of benzene rings is 2. The summed E-state index contributed by atoms with van der Waals surface area (Å²) in [5.74, 6) is 0.00846. The smallest absolute Gasteiger partial charge is 0.243 e. The Balaban J connectivity index is 1.31. The molecule has 0 saturated carbocycles. The Labute approximate surface area is 190 Å². The van der Waals surface area contributed by atoms with E-state index in [1.807, 2.05) is 49.1 Å². The van der Waals surface area contributed by atoms with E-state index in [9.17, 15) is 13.2 Å². The van der Waals surface area contributed by atoms with Crippen molar-refractivity contribution in [1.82, 2.24) is 4.31 Å². The topological polar surface area (TPSA) is 60.9 Å². The average molecular weight is 454 g/mol. The van der Waals surface area contributed by atoms with E-state index in [1.54, 1.807) is 10.4 Å². The van der Waals surface area contributed by atoms with Crippen LogP contribution >= 0.6 is 0 Å². The zero-order chi connectivity index (χ0) is 22.5. The number of hydrogen-bond acceptors (Lipinski definition) is 4. The van der Waals surface area contributed by atoms with Crippen molar-refractivity contribution in [2.45, 2.75) is 50.5 Å². The molecular formula is C25H31N3O3S. The van der Waals surface area contributed by atoms with E-state index >= 15 is 0 Å². The van der Waals surface area contributed by atoms with Gasteiger partial charge in [-0.15, -0.1) is 0 Å². The maximum atomic E-state index is 13.6. The van der Waals surface area contributed by atoms with Crippen LogP contribution in [0.1, 0.15) is 36.8 Å². The molecule has 2 fully saturated rings. The molecule has 0 aliphatic carbocycles. The van der Waals surface area contributed by atoms with Gasteiger partial charge in [0, 0.05) is 38.1 Å². The van der Waals surface area contributed by atoms with Gasteiger partial charge >= 0.3 is 0 Å². The van der Waals surface area contributed by atoms with E-state index < -0.39 is 10.0 Å². The second-order valence-corrected chi connectivity index (χ2v) is 11.3. The number of aryl methyl sites for hydroxylation is 2. The van der Waals surface area contributed by atoms with Crippen molar-refractivity contribution in [2.24, 2.45) is 5.92 Å². The molecule has 0 bridgehead atoms.